The second-order valence-electron chi connectivity index (χ2n) is 4.83. The average Bonchev–Trinajstić information content (AvgIpc) is 3.03. The maximum Gasteiger partial charge on any atom is 0.226 e. The van der Waals surface area contributed by atoms with Crippen LogP contribution in [0.5, 0.6) is 5.75 Å². The van der Waals surface area contributed by atoms with Crippen molar-refractivity contribution in [2.45, 2.75) is 17.7 Å². The average molecular weight is 312 g/mol. The largest absolute Gasteiger partial charge is 0.497 e. The van der Waals surface area contributed by atoms with E-state index in [9.17, 15) is 0 Å². The minimum Gasteiger partial charge on any atom is -0.497 e. The number of oxazole rings is 1. The first-order valence-corrected chi connectivity index (χ1v) is 7.87. The molecule has 3 aromatic rings. The van der Waals surface area contributed by atoms with Crippen molar-refractivity contribution in [2.75, 3.05) is 7.11 Å². The van der Waals surface area contributed by atoms with Crippen LogP contribution in [0.15, 0.2) is 58.3 Å². The van der Waals surface area contributed by atoms with Gasteiger partial charge in [-0.1, -0.05) is 17.8 Å². The summed E-state index contributed by atoms with van der Waals surface area (Å²) in [6.45, 7) is 2.03. The molecule has 0 fully saturated rings. The predicted octanol–water partition coefficient (Wildman–Crippen LogP) is 4.35. The summed E-state index contributed by atoms with van der Waals surface area (Å²) in [6, 6.07) is 11.7. The van der Waals surface area contributed by atoms with Gasteiger partial charge in [-0.05, 0) is 42.8 Å². The first-order valence-electron chi connectivity index (χ1n) is 6.89. The molecular formula is C17H16N2O2S. The van der Waals surface area contributed by atoms with Gasteiger partial charge in [0.1, 0.15) is 12.0 Å². The number of thioether (sulfide) groups is 1. The van der Waals surface area contributed by atoms with Gasteiger partial charge in [0.05, 0.1) is 17.8 Å². The molecule has 1 aromatic carbocycles. The molecule has 0 saturated heterocycles. The third-order valence-corrected chi connectivity index (χ3v) is 4.12. The van der Waals surface area contributed by atoms with Crippen molar-refractivity contribution < 1.29 is 9.15 Å². The minimum atomic E-state index is 0.620. The molecule has 0 N–H and O–H groups in total. The van der Waals surface area contributed by atoms with E-state index < -0.39 is 0 Å². The van der Waals surface area contributed by atoms with Gasteiger partial charge in [-0.15, -0.1) is 0 Å². The third kappa shape index (κ3) is 3.49. The Bertz CT molecular complexity index is 736. The topological polar surface area (TPSA) is 48.2 Å². The smallest absolute Gasteiger partial charge is 0.226 e. The Morgan fingerprint density at radius 1 is 1.14 bits per heavy atom. The van der Waals surface area contributed by atoms with Gasteiger partial charge >= 0.3 is 0 Å². The van der Waals surface area contributed by atoms with Gasteiger partial charge in [0.15, 0.2) is 0 Å². The van der Waals surface area contributed by atoms with Crippen LogP contribution in [0.25, 0.3) is 11.5 Å². The van der Waals surface area contributed by atoms with E-state index in [-0.39, 0.29) is 0 Å². The molecule has 0 atom stereocenters. The molecule has 2 aromatic heterocycles. The van der Waals surface area contributed by atoms with Crippen molar-refractivity contribution in [1.29, 1.82) is 0 Å². The summed E-state index contributed by atoms with van der Waals surface area (Å²) in [5.74, 6) is 2.17. The van der Waals surface area contributed by atoms with Gasteiger partial charge in [-0.25, -0.2) is 9.97 Å². The lowest BCUT2D eigenvalue weighted by molar-refractivity contribution is 0.415. The zero-order chi connectivity index (χ0) is 15.4. The Morgan fingerprint density at radius 2 is 1.95 bits per heavy atom. The fraction of sp³-hybridized carbons (Fsp3) is 0.176. The van der Waals surface area contributed by atoms with Crippen LogP contribution in [-0.4, -0.2) is 17.1 Å². The molecule has 3 rings (SSSR count). The van der Waals surface area contributed by atoms with Crippen molar-refractivity contribution in [3.8, 4) is 17.2 Å². The highest BCUT2D eigenvalue weighted by Gasteiger charge is 2.07. The minimum absolute atomic E-state index is 0.620. The molecule has 0 radical (unpaired) electrons. The third-order valence-electron chi connectivity index (χ3n) is 3.14. The van der Waals surface area contributed by atoms with Crippen molar-refractivity contribution in [3.05, 3.63) is 60.1 Å². The van der Waals surface area contributed by atoms with Gasteiger partial charge in [0.25, 0.3) is 0 Å². The van der Waals surface area contributed by atoms with Crippen LogP contribution in [0.3, 0.4) is 0 Å². The number of aromatic nitrogens is 2. The highest BCUT2D eigenvalue weighted by molar-refractivity contribution is 7.98. The van der Waals surface area contributed by atoms with E-state index in [1.54, 1.807) is 25.1 Å². The molecule has 0 unspecified atom stereocenters. The van der Waals surface area contributed by atoms with Crippen molar-refractivity contribution in [3.63, 3.8) is 0 Å². The molecule has 4 nitrogen and oxygen atoms in total. The second kappa shape index (κ2) is 6.66. The Balaban J connectivity index is 1.66. The number of ether oxygens (including phenoxy) is 1. The van der Waals surface area contributed by atoms with Crippen molar-refractivity contribution in [1.82, 2.24) is 9.97 Å². The van der Waals surface area contributed by atoms with E-state index >= 15 is 0 Å². The predicted molar refractivity (Wildman–Crippen MR) is 87.0 cm³/mol. The summed E-state index contributed by atoms with van der Waals surface area (Å²) in [5, 5.41) is 0.986. The zero-order valence-electron chi connectivity index (χ0n) is 12.4. The summed E-state index contributed by atoms with van der Waals surface area (Å²) < 4.78 is 10.7. The Hall–Kier alpha value is -2.27. The number of hydrogen-bond donors (Lipinski definition) is 0. The molecule has 0 aliphatic rings. The lowest BCUT2D eigenvalue weighted by Crippen LogP contribution is -1.85. The van der Waals surface area contributed by atoms with Crippen LogP contribution in [0.4, 0.5) is 0 Å². The van der Waals surface area contributed by atoms with Crippen LogP contribution in [0.1, 0.15) is 11.3 Å². The molecule has 0 aliphatic carbocycles. The summed E-state index contributed by atoms with van der Waals surface area (Å²) in [4.78, 5) is 8.88. The number of nitrogens with zero attached hydrogens (tertiary/aromatic N) is 2. The van der Waals surface area contributed by atoms with Gasteiger partial charge in [0.2, 0.25) is 5.89 Å². The molecule has 112 valence electrons. The summed E-state index contributed by atoms with van der Waals surface area (Å²) in [7, 11) is 1.65. The lowest BCUT2D eigenvalue weighted by atomic mass is 10.2. The number of pyridine rings is 1. The van der Waals surface area contributed by atoms with E-state index in [1.165, 1.54) is 0 Å². The molecule has 0 aliphatic heterocycles. The van der Waals surface area contributed by atoms with Crippen LogP contribution in [0.2, 0.25) is 0 Å². The zero-order valence-corrected chi connectivity index (χ0v) is 13.3. The van der Waals surface area contributed by atoms with Crippen LogP contribution < -0.4 is 4.74 Å². The number of aryl methyl sites for hydroxylation is 1. The normalized spacial score (nSPS) is 10.6. The summed E-state index contributed by atoms with van der Waals surface area (Å²) in [6.07, 6.45) is 3.56. The molecule has 5 heteroatoms. The second-order valence-corrected chi connectivity index (χ2v) is 5.83. The molecule has 0 bridgehead atoms. The van der Waals surface area contributed by atoms with Crippen LogP contribution in [0, 0.1) is 6.92 Å². The Kier molecular flexibility index (Phi) is 4.44. The molecule has 22 heavy (non-hydrogen) atoms. The first kappa shape index (κ1) is 14.7. The molecule has 2 heterocycles. The highest BCUT2D eigenvalue weighted by atomic mass is 32.2. The highest BCUT2D eigenvalue weighted by Crippen LogP contribution is 2.25. The van der Waals surface area contributed by atoms with Gasteiger partial charge in [0, 0.05) is 17.5 Å². The summed E-state index contributed by atoms with van der Waals surface area (Å²) in [5.41, 5.74) is 3.00. The van der Waals surface area contributed by atoms with E-state index in [1.807, 2.05) is 43.5 Å². The molecule has 0 spiro atoms. The van der Waals surface area contributed by atoms with Gasteiger partial charge in [-0.3, -0.25) is 0 Å². The summed E-state index contributed by atoms with van der Waals surface area (Å²) >= 11 is 1.64. The van der Waals surface area contributed by atoms with Crippen LogP contribution in [-0.2, 0) is 5.75 Å². The Morgan fingerprint density at radius 3 is 2.64 bits per heavy atom. The fourth-order valence-electron chi connectivity index (χ4n) is 1.93. The fourth-order valence-corrected chi connectivity index (χ4v) is 2.65. The number of methoxy groups -OCH3 is 1. The quantitative estimate of drug-likeness (QED) is 0.656. The van der Waals surface area contributed by atoms with E-state index in [4.69, 9.17) is 9.15 Å². The molecule has 0 amide bonds. The van der Waals surface area contributed by atoms with Crippen LogP contribution >= 0.6 is 11.8 Å². The Labute approximate surface area is 133 Å². The van der Waals surface area contributed by atoms with E-state index in [0.29, 0.717) is 5.89 Å². The number of benzene rings is 1. The monoisotopic (exact) mass is 312 g/mol. The SMILES string of the molecule is COc1ccc(-c2nc(CSc3ccc(C)cn3)co2)cc1. The number of rotatable bonds is 5. The van der Waals surface area contributed by atoms with Gasteiger partial charge < -0.3 is 9.15 Å². The first-order chi connectivity index (χ1) is 10.7. The van der Waals surface area contributed by atoms with E-state index in [2.05, 4.69) is 16.0 Å². The van der Waals surface area contributed by atoms with Crippen molar-refractivity contribution in [2.24, 2.45) is 0 Å². The van der Waals surface area contributed by atoms with E-state index in [0.717, 1.165) is 33.3 Å². The molecule has 0 saturated carbocycles. The van der Waals surface area contributed by atoms with Crippen molar-refractivity contribution >= 4 is 11.8 Å². The maximum atomic E-state index is 5.55. The standard InChI is InChI=1S/C17H16N2O2S/c1-12-3-8-16(18-9-12)22-11-14-10-21-17(19-14)13-4-6-15(20-2)7-5-13/h3-10H,11H2,1-2H3. The number of hydrogen-bond acceptors (Lipinski definition) is 5. The maximum absolute atomic E-state index is 5.55. The lowest BCUT2D eigenvalue weighted by Gasteiger charge is -1.99. The molecular weight excluding hydrogens is 296 g/mol. The van der Waals surface area contributed by atoms with Gasteiger partial charge in [-0.2, -0.15) is 0 Å².